The molecule has 134 valence electrons. The van der Waals surface area contributed by atoms with Crippen molar-refractivity contribution in [1.82, 2.24) is 25.5 Å². The van der Waals surface area contributed by atoms with Crippen LogP contribution in [0.1, 0.15) is 29.2 Å². The van der Waals surface area contributed by atoms with Gasteiger partial charge in [0.05, 0.1) is 17.3 Å². The summed E-state index contributed by atoms with van der Waals surface area (Å²) in [6.07, 6.45) is 0.629. The largest absolute Gasteiger partial charge is 0.507 e. The van der Waals surface area contributed by atoms with Gasteiger partial charge in [0.25, 0.3) is 0 Å². The number of hydrogen-bond donors (Lipinski definition) is 2. The fourth-order valence-corrected chi connectivity index (χ4v) is 3.87. The van der Waals surface area contributed by atoms with E-state index in [-0.39, 0.29) is 11.8 Å². The number of tetrazole rings is 1. The second kappa shape index (κ2) is 6.02. The van der Waals surface area contributed by atoms with Crippen LogP contribution in [-0.2, 0) is 0 Å². The minimum absolute atomic E-state index is 0.0717. The van der Waals surface area contributed by atoms with Crippen LogP contribution < -0.4 is 5.43 Å². The molecule has 0 fully saturated rings. The Morgan fingerprint density at radius 3 is 2.96 bits per heavy atom. The van der Waals surface area contributed by atoms with Crippen LogP contribution in [0.5, 0.6) is 5.75 Å². The first-order chi connectivity index (χ1) is 13.1. The number of hydrazone groups is 1. The van der Waals surface area contributed by atoms with E-state index in [1.165, 1.54) is 0 Å². The van der Waals surface area contributed by atoms with Crippen LogP contribution in [0.15, 0.2) is 52.0 Å². The van der Waals surface area contributed by atoms with Crippen LogP contribution in [0, 0.1) is 6.92 Å². The summed E-state index contributed by atoms with van der Waals surface area (Å²) in [5.41, 5.74) is 8.51. The molecule has 0 radical (unpaired) electrons. The van der Waals surface area contributed by atoms with Crippen molar-refractivity contribution in [2.75, 3.05) is 0 Å². The predicted octanol–water partition coefficient (Wildman–Crippen LogP) is 3.49. The molecule has 1 unspecified atom stereocenters. The Hall–Kier alpha value is -3.00. The van der Waals surface area contributed by atoms with Crippen molar-refractivity contribution in [3.63, 3.8) is 0 Å². The molecule has 8 heteroatoms. The van der Waals surface area contributed by atoms with E-state index in [9.17, 15) is 5.11 Å². The molecule has 1 aliphatic rings. The number of nitrogens with one attached hydrogen (secondary N) is 1. The summed E-state index contributed by atoms with van der Waals surface area (Å²) < 4.78 is 2.67. The highest BCUT2D eigenvalue weighted by Gasteiger charge is 2.26. The zero-order chi connectivity index (χ0) is 18.5. The van der Waals surface area contributed by atoms with Gasteiger partial charge in [0.15, 0.2) is 5.65 Å². The van der Waals surface area contributed by atoms with E-state index in [4.69, 9.17) is 0 Å². The van der Waals surface area contributed by atoms with Crippen molar-refractivity contribution in [3.8, 4) is 5.75 Å². The normalized spacial score (nSPS) is 16.7. The average Bonchev–Trinajstić information content (AvgIpc) is 3.33. The number of aryl methyl sites for hydroxylation is 1. The van der Waals surface area contributed by atoms with Crippen LogP contribution in [0.3, 0.4) is 0 Å². The first-order valence-electron chi connectivity index (χ1n) is 8.52. The molecule has 0 aliphatic carbocycles. The molecule has 3 heterocycles. The Kier molecular flexibility index (Phi) is 3.61. The number of pyridine rings is 1. The van der Waals surface area contributed by atoms with Crippen molar-refractivity contribution in [1.29, 1.82) is 0 Å². The highest BCUT2D eigenvalue weighted by molar-refractivity contribution is 9.10. The van der Waals surface area contributed by atoms with Gasteiger partial charge in [0, 0.05) is 27.4 Å². The van der Waals surface area contributed by atoms with Gasteiger partial charge in [-0.25, -0.2) is 0 Å². The molecule has 2 aromatic carbocycles. The van der Waals surface area contributed by atoms with Crippen molar-refractivity contribution < 1.29 is 5.11 Å². The van der Waals surface area contributed by atoms with E-state index >= 15 is 0 Å². The SMILES string of the molecule is Cc1ccc2cc(C3CC(c4cc(Br)ccc4O)=NN3)c3nnnn3c2c1. The first kappa shape index (κ1) is 16.2. The summed E-state index contributed by atoms with van der Waals surface area (Å²) in [6.45, 7) is 2.05. The summed E-state index contributed by atoms with van der Waals surface area (Å²) in [5, 5.41) is 28.0. The molecule has 2 aromatic heterocycles. The summed E-state index contributed by atoms with van der Waals surface area (Å²) in [7, 11) is 0. The number of hydrogen-bond acceptors (Lipinski definition) is 6. The van der Waals surface area contributed by atoms with Crippen molar-refractivity contribution in [3.05, 3.63) is 63.6 Å². The van der Waals surface area contributed by atoms with E-state index < -0.39 is 0 Å². The molecular formula is C19H15BrN6O. The predicted molar refractivity (Wildman–Crippen MR) is 106 cm³/mol. The maximum absolute atomic E-state index is 10.2. The van der Waals surface area contributed by atoms with Crippen LogP contribution >= 0.6 is 15.9 Å². The van der Waals surface area contributed by atoms with Gasteiger partial charge in [-0.2, -0.15) is 9.62 Å². The number of fused-ring (bicyclic) bond motifs is 3. The number of aromatic hydroxyl groups is 1. The molecule has 0 bridgehead atoms. The minimum Gasteiger partial charge on any atom is -0.507 e. The highest BCUT2D eigenvalue weighted by Crippen LogP contribution is 2.32. The Morgan fingerprint density at radius 1 is 1.19 bits per heavy atom. The zero-order valence-corrected chi connectivity index (χ0v) is 16.0. The molecule has 2 N–H and O–H groups in total. The van der Waals surface area contributed by atoms with Crippen LogP contribution in [-0.4, -0.2) is 30.9 Å². The van der Waals surface area contributed by atoms with Gasteiger partial charge in [-0.05, 0) is 53.2 Å². The van der Waals surface area contributed by atoms with E-state index in [1.807, 2.05) is 13.0 Å². The fourth-order valence-electron chi connectivity index (χ4n) is 3.51. The second-order valence-electron chi connectivity index (χ2n) is 6.68. The molecule has 0 spiro atoms. The van der Waals surface area contributed by atoms with Gasteiger partial charge in [-0.3, -0.25) is 0 Å². The molecule has 27 heavy (non-hydrogen) atoms. The number of phenols is 1. The van der Waals surface area contributed by atoms with E-state index in [0.717, 1.165) is 32.2 Å². The molecule has 0 saturated heterocycles. The Bertz CT molecular complexity index is 1230. The lowest BCUT2D eigenvalue weighted by Crippen LogP contribution is -2.12. The third-order valence-corrected chi connectivity index (χ3v) is 5.34. The summed E-state index contributed by atoms with van der Waals surface area (Å²) in [4.78, 5) is 0. The molecule has 0 amide bonds. The number of rotatable bonds is 2. The molecule has 4 aromatic rings. The van der Waals surface area contributed by atoms with Crippen molar-refractivity contribution in [2.24, 2.45) is 5.10 Å². The Labute approximate surface area is 162 Å². The minimum atomic E-state index is -0.0717. The Balaban J connectivity index is 1.58. The molecule has 5 rings (SSSR count). The quantitative estimate of drug-likeness (QED) is 0.516. The van der Waals surface area contributed by atoms with Crippen LogP contribution in [0.4, 0.5) is 0 Å². The third kappa shape index (κ3) is 2.64. The number of phenolic OH excluding ortho intramolecular Hbond substituents is 1. The first-order valence-corrected chi connectivity index (χ1v) is 9.32. The lowest BCUT2D eigenvalue weighted by Gasteiger charge is -2.13. The number of halogens is 1. The van der Waals surface area contributed by atoms with Gasteiger partial charge in [0.2, 0.25) is 0 Å². The van der Waals surface area contributed by atoms with Crippen molar-refractivity contribution in [2.45, 2.75) is 19.4 Å². The van der Waals surface area contributed by atoms with Gasteiger partial charge < -0.3 is 10.5 Å². The highest BCUT2D eigenvalue weighted by atomic mass is 79.9. The molecule has 0 saturated carbocycles. The van der Waals surface area contributed by atoms with Crippen molar-refractivity contribution >= 4 is 38.2 Å². The zero-order valence-electron chi connectivity index (χ0n) is 14.4. The lowest BCUT2D eigenvalue weighted by molar-refractivity contribution is 0.474. The lowest BCUT2D eigenvalue weighted by atomic mass is 9.98. The van der Waals surface area contributed by atoms with E-state index in [2.05, 4.69) is 66.2 Å². The average molecular weight is 423 g/mol. The molecular weight excluding hydrogens is 408 g/mol. The standard InChI is InChI=1S/C19H15BrN6O/c1-10-2-3-11-7-14(19-23-24-25-26(19)17(11)6-10)16-9-15(21-22-16)13-8-12(20)4-5-18(13)27/h2-8,16,22,27H,9H2,1H3. The van der Waals surface area contributed by atoms with Gasteiger partial charge in [-0.15, -0.1) is 5.10 Å². The molecule has 7 nitrogen and oxygen atoms in total. The van der Waals surface area contributed by atoms with Crippen LogP contribution in [0.25, 0.3) is 16.6 Å². The Morgan fingerprint density at radius 2 is 2.07 bits per heavy atom. The second-order valence-corrected chi connectivity index (χ2v) is 7.60. The topological polar surface area (TPSA) is 87.7 Å². The van der Waals surface area contributed by atoms with Crippen LogP contribution in [0.2, 0.25) is 0 Å². The monoisotopic (exact) mass is 422 g/mol. The molecule has 1 atom stereocenters. The summed E-state index contributed by atoms with van der Waals surface area (Å²) in [5.74, 6) is 0.211. The fraction of sp³-hybridized carbons (Fsp3) is 0.158. The maximum atomic E-state index is 10.2. The number of benzene rings is 2. The smallest absolute Gasteiger partial charge is 0.185 e. The third-order valence-electron chi connectivity index (χ3n) is 4.85. The number of aromatic nitrogens is 4. The summed E-state index contributed by atoms with van der Waals surface area (Å²) in [6, 6.07) is 13.6. The van der Waals surface area contributed by atoms with Gasteiger partial charge in [-0.1, -0.05) is 28.1 Å². The molecule has 1 aliphatic heterocycles. The number of nitrogens with zero attached hydrogens (tertiary/aromatic N) is 5. The maximum Gasteiger partial charge on any atom is 0.185 e. The van der Waals surface area contributed by atoms with Gasteiger partial charge >= 0.3 is 0 Å². The van der Waals surface area contributed by atoms with Gasteiger partial charge in [0.1, 0.15) is 5.75 Å². The van der Waals surface area contributed by atoms with E-state index in [1.54, 1.807) is 16.6 Å². The van der Waals surface area contributed by atoms with E-state index in [0.29, 0.717) is 17.6 Å². The summed E-state index contributed by atoms with van der Waals surface area (Å²) >= 11 is 3.45.